The van der Waals surface area contributed by atoms with Crippen molar-refractivity contribution < 1.29 is 23.8 Å². The van der Waals surface area contributed by atoms with Crippen molar-refractivity contribution in [3.05, 3.63) is 25.3 Å². The zero-order valence-electron chi connectivity index (χ0n) is 16.7. The molecule has 2 aliphatic carbocycles. The molecule has 2 rings (SSSR count). The van der Waals surface area contributed by atoms with Crippen LogP contribution in [-0.2, 0) is 23.8 Å². The molecule has 0 amide bonds. The molecule has 0 radical (unpaired) electrons. The minimum absolute atomic E-state index is 0.0312. The number of hydrogen-bond donors (Lipinski definition) is 0. The Balaban J connectivity index is 1.89. The van der Waals surface area contributed by atoms with E-state index in [0.29, 0.717) is 11.8 Å². The van der Waals surface area contributed by atoms with Gasteiger partial charge < -0.3 is 14.2 Å². The lowest BCUT2D eigenvalue weighted by Crippen LogP contribution is -2.42. The fourth-order valence-electron chi connectivity index (χ4n) is 4.47. The SMILES string of the molecule is C=CC(=O)OC1CCC(OC2CCC(OC(=O)C=C)CC2CC)C(CC)C1. The summed E-state index contributed by atoms with van der Waals surface area (Å²) < 4.78 is 17.5. The first kappa shape index (κ1) is 21.7. The van der Waals surface area contributed by atoms with Gasteiger partial charge in [-0.3, -0.25) is 0 Å². The maximum Gasteiger partial charge on any atom is 0.330 e. The van der Waals surface area contributed by atoms with E-state index in [9.17, 15) is 9.59 Å². The highest BCUT2D eigenvalue weighted by Gasteiger charge is 2.37. The third-order valence-corrected chi connectivity index (χ3v) is 6.03. The van der Waals surface area contributed by atoms with E-state index in [1.165, 1.54) is 12.2 Å². The Kier molecular flexibility index (Phi) is 8.55. The second-order valence-corrected chi connectivity index (χ2v) is 7.70. The van der Waals surface area contributed by atoms with Crippen LogP contribution in [0.5, 0.6) is 0 Å². The van der Waals surface area contributed by atoms with Crippen LogP contribution in [0.2, 0.25) is 0 Å². The third kappa shape index (κ3) is 6.20. The molecular formula is C22H34O5. The number of rotatable bonds is 8. The van der Waals surface area contributed by atoms with Gasteiger partial charge in [0.15, 0.2) is 0 Å². The molecule has 27 heavy (non-hydrogen) atoms. The number of hydrogen-bond acceptors (Lipinski definition) is 5. The number of carbonyl (C=O) groups excluding carboxylic acids is 2. The quantitative estimate of drug-likeness (QED) is 0.464. The van der Waals surface area contributed by atoms with Gasteiger partial charge in [0, 0.05) is 12.2 Å². The molecule has 0 bridgehead atoms. The van der Waals surface area contributed by atoms with Crippen LogP contribution in [0, 0.1) is 11.8 Å². The lowest BCUT2D eigenvalue weighted by Gasteiger charge is -2.41. The van der Waals surface area contributed by atoms with Gasteiger partial charge in [-0.2, -0.15) is 0 Å². The number of ether oxygens (including phenoxy) is 3. The zero-order valence-corrected chi connectivity index (χ0v) is 16.7. The first-order chi connectivity index (χ1) is 13.0. The van der Waals surface area contributed by atoms with Crippen LogP contribution in [0.3, 0.4) is 0 Å². The van der Waals surface area contributed by atoms with Crippen molar-refractivity contribution >= 4 is 11.9 Å². The van der Waals surface area contributed by atoms with Gasteiger partial charge >= 0.3 is 11.9 Å². The smallest absolute Gasteiger partial charge is 0.330 e. The summed E-state index contributed by atoms with van der Waals surface area (Å²) >= 11 is 0. The van der Waals surface area contributed by atoms with E-state index in [-0.39, 0.29) is 36.4 Å². The minimum Gasteiger partial charge on any atom is -0.459 e. The summed E-state index contributed by atoms with van der Waals surface area (Å²) in [6.45, 7) is 11.3. The Bertz CT molecular complexity index is 483. The topological polar surface area (TPSA) is 61.8 Å². The molecule has 0 aromatic heterocycles. The van der Waals surface area contributed by atoms with E-state index < -0.39 is 0 Å². The predicted octanol–water partition coefficient (Wildman–Crippen LogP) is 4.36. The molecule has 0 aromatic carbocycles. The zero-order chi connectivity index (χ0) is 19.8. The summed E-state index contributed by atoms with van der Waals surface area (Å²) in [5.41, 5.74) is 0. The van der Waals surface area contributed by atoms with Gasteiger partial charge in [0.2, 0.25) is 0 Å². The largest absolute Gasteiger partial charge is 0.459 e. The molecule has 2 aliphatic rings. The predicted molar refractivity (Wildman–Crippen MR) is 104 cm³/mol. The van der Waals surface area contributed by atoms with Gasteiger partial charge in [-0.25, -0.2) is 9.59 Å². The monoisotopic (exact) mass is 378 g/mol. The first-order valence-corrected chi connectivity index (χ1v) is 10.3. The molecule has 5 heteroatoms. The maximum atomic E-state index is 11.5. The van der Waals surface area contributed by atoms with E-state index in [2.05, 4.69) is 27.0 Å². The molecule has 0 spiro atoms. The van der Waals surface area contributed by atoms with Gasteiger partial charge in [0.1, 0.15) is 12.2 Å². The lowest BCUT2D eigenvalue weighted by molar-refractivity contribution is -0.158. The Morgan fingerprint density at radius 3 is 1.56 bits per heavy atom. The standard InChI is InChI=1S/C22H34O5/c1-5-15-13-17(25-21(23)7-3)9-11-19(15)27-20-12-10-18(14-16(20)6-2)26-22(24)8-4/h7-8,15-20H,3-6,9-14H2,1-2H3. The van der Waals surface area contributed by atoms with Crippen molar-refractivity contribution in [3.8, 4) is 0 Å². The van der Waals surface area contributed by atoms with E-state index in [1.54, 1.807) is 0 Å². The van der Waals surface area contributed by atoms with Crippen LogP contribution in [0.15, 0.2) is 25.3 Å². The highest BCUT2D eigenvalue weighted by atomic mass is 16.5. The summed E-state index contributed by atoms with van der Waals surface area (Å²) in [6, 6.07) is 0. The summed E-state index contributed by atoms with van der Waals surface area (Å²) in [5, 5.41) is 0. The van der Waals surface area contributed by atoms with Gasteiger partial charge in [-0.15, -0.1) is 0 Å². The molecule has 2 fully saturated rings. The fourth-order valence-corrected chi connectivity index (χ4v) is 4.47. The average molecular weight is 379 g/mol. The summed E-state index contributed by atoms with van der Waals surface area (Å²) in [6.07, 6.45) is 10.0. The second-order valence-electron chi connectivity index (χ2n) is 7.70. The van der Waals surface area contributed by atoms with Crippen LogP contribution in [0.1, 0.15) is 65.2 Å². The van der Waals surface area contributed by atoms with Crippen LogP contribution >= 0.6 is 0 Å². The van der Waals surface area contributed by atoms with E-state index in [4.69, 9.17) is 14.2 Å². The minimum atomic E-state index is -0.340. The lowest BCUT2D eigenvalue weighted by atomic mass is 9.80. The van der Waals surface area contributed by atoms with Crippen LogP contribution in [0.25, 0.3) is 0 Å². The average Bonchev–Trinajstić information content (AvgIpc) is 2.69. The summed E-state index contributed by atoms with van der Waals surface area (Å²) in [4.78, 5) is 22.9. The molecule has 0 aliphatic heterocycles. The van der Waals surface area contributed by atoms with Gasteiger partial charge in [-0.05, 0) is 50.4 Å². The van der Waals surface area contributed by atoms with Gasteiger partial charge in [0.05, 0.1) is 12.2 Å². The van der Waals surface area contributed by atoms with Crippen molar-refractivity contribution in [3.63, 3.8) is 0 Å². The van der Waals surface area contributed by atoms with Gasteiger partial charge in [-0.1, -0.05) is 39.8 Å². The maximum absolute atomic E-state index is 11.5. The second kappa shape index (κ2) is 10.6. The molecule has 0 saturated heterocycles. The summed E-state index contributed by atoms with van der Waals surface area (Å²) in [5.74, 6) is 0.116. The molecule has 2 saturated carbocycles. The Morgan fingerprint density at radius 2 is 1.22 bits per heavy atom. The Labute approximate surface area is 163 Å². The molecule has 5 nitrogen and oxygen atoms in total. The molecule has 0 heterocycles. The van der Waals surface area contributed by atoms with E-state index in [0.717, 1.165) is 51.4 Å². The molecular weight excluding hydrogens is 344 g/mol. The van der Waals surface area contributed by atoms with Gasteiger partial charge in [0.25, 0.3) is 0 Å². The first-order valence-electron chi connectivity index (χ1n) is 10.3. The van der Waals surface area contributed by atoms with E-state index in [1.807, 2.05) is 0 Å². The summed E-state index contributed by atoms with van der Waals surface area (Å²) in [7, 11) is 0. The Morgan fingerprint density at radius 1 is 0.815 bits per heavy atom. The van der Waals surface area contributed by atoms with Crippen molar-refractivity contribution in [2.24, 2.45) is 11.8 Å². The fraction of sp³-hybridized carbons (Fsp3) is 0.727. The van der Waals surface area contributed by atoms with Crippen molar-refractivity contribution in [1.82, 2.24) is 0 Å². The van der Waals surface area contributed by atoms with Crippen molar-refractivity contribution in [1.29, 1.82) is 0 Å². The molecule has 6 atom stereocenters. The molecule has 152 valence electrons. The highest BCUT2D eigenvalue weighted by Crippen LogP contribution is 2.37. The van der Waals surface area contributed by atoms with Crippen LogP contribution < -0.4 is 0 Å². The molecule has 0 aromatic rings. The molecule has 0 N–H and O–H groups in total. The third-order valence-electron chi connectivity index (χ3n) is 6.03. The van der Waals surface area contributed by atoms with Crippen LogP contribution in [0.4, 0.5) is 0 Å². The normalized spacial score (nSPS) is 33.7. The molecule has 6 unspecified atom stereocenters. The Hall–Kier alpha value is -1.62. The number of esters is 2. The highest BCUT2D eigenvalue weighted by molar-refractivity contribution is 5.81. The number of carbonyl (C=O) groups is 2. The van der Waals surface area contributed by atoms with Crippen LogP contribution in [-0.4, -0.2) is 36.4 Å². The van der Waals surface area contributed by atoms with Crippen molar-refractivity contribution in [2.75, 3.05) is 0 Å². The van der Waals surface area contributed by atoms with Crippen molar-refractivity contribution in [2.45, 2.75) is 89.6 Å². The van der Waals surface area contributed by atoms with E-state index >= 15 is 0 Å².